The predicted octanol–water partition coefficient (Wildman–Crippen LogP) is 6.96. The van der Waals surface area contributed by atoms with E-state index in [-0.39, 0.29) is 29.1 Å². The Hall–Kier alpha value is -3.00. The molecular weight excluding hydrogens is 500 g/mol. The van der Waals surface area contributed by atoms with E-state index in [0.29, 0.717) is 32.7 Å². The van der Waals surface area contributed by atoms with Crippen LogP contribution < -0.4 is 9.47 Å². The lowest BCUT2D eigenvalue weighted by atomic mass is 10.1. The molecule has 0 atom stereocenters. The third kappa shape index (κ3) is 5.55. The number of carbonyl (C=O) groups excluding carboxylic acids is 2. The van der Waals surface area contributed by atoms with Crippen molar-refractivity contribution in [1.82, 2.24) is 4.90 Å². The molecule has 34 heavy (non-hydrogen) atoms. The van der Waals surface area contributed by atoms with Crippen LogP contribution in [0.25, 0.3) is 6.08 Å². The van der Waals surface area contributed by atoms with Crippen molar-refractivity contribution in [3.63, 3.8) is 0 Å². The summed E-state index contributed by atoms with van der Waals surface area (Å²) < 4.78 is 24.4. The maximum atomic E-state index is 13.1. The van der Waals surface area contributed by atoms with Crippen LogP contribution in [0, 0.1) is 5.82 Å². The SMILES string of the molecule is COc1cc(/C=C2/SC(=O)N(Cc3ccc(F)cc3)C2=O)ccc1OCc1ccc(Cl)cc1Cl. The van der Waals surface area contributed by atoms with E-state index in [1.165, 1.54) is 19.2 Å². The molecule has 0 spiro atoms. The molecule has 174 valence electrons. The molecule has 0 unspecified atom stereocenters. The Balaban J connectivity index is 1.48. The van der Waals surface area contributed by atoms with Gasteiger partial charge in [-0.25, -0.2) is 4.39 Å². The first-order chi connectivity index (χ1) is 16.3. The van der Waals surface area contributed by atoms with E-state index < -0.39 is 5.91 Å². The Morgan fingerprint density at radius 2 is 1.76 bits per heavy atom. The quantitative estimate of drug-likeness (QED) is 0.317. The summed E-state index contributed by atoms with van der Waals surface area (Å²) in [6.07, 6.45) is 1.62. The number of imide groups is 1. The molecule has 1 saturated heterocycles. The van der Waals surface area contributed by atoms with Crippen LogP contribution in [-0.4, -0.2) is 23.2 Å². The molecule has 0 saturated carbocycles. The van der Waals surface area contributed by atoms with Gasteiger partial charge in [0, 0.05) is 15.6 Å². The number of thioether (sulfide) groups is 1. The van der Waals surface area contributed by atoms with Crippen molar-refractivity contribution in [3.05, 3.63) is 98.1 Å². The van der Waals surface area contributed by atoms with Crippen molar-refractivity contribution < 1.29 is 23.5 Å². The number of ether oxygens (including phenoxy) is 2. The van der Waals surface area contributed by atoms with Crippen LogP contribution in [0.3, 0.4) is 0 Å². The molecule has 1 fully saturated rings. The molecule has 1 aliphatic rings. The third-order valence-electron chi connectivity index (χ3n) is 5.01. The molecule has 0 aromatic heterocycles. The average Bonchev–Trinajstić information content (AvgIpc) is 3.07. The van der Waals surface area contributed by atoms with Gasteiger partial charge < -0.3 is 9.47 Å². The molecule has 5 nitrogen and oxygen atoms in total. The second-order valence-corrected chi connectivity index (χ2v) is 9.17. The largest absolute Gasteiger partial charge is 0.493 e. The molecule has 3 aromatic rings. The van der Waals surface area contributed by atoms with E-state index in [2.05, 4.69) is 0 Å². The normalized spacial score (nSPS) is 14.7. The van der Waals surface area contributed by atoms with Gasteiger partial charge in [-0.1, -0.05) is 47.5 Å². The highest BCUT2D eigenvalue weighted by Gasteiger charge is 2.35. The number of carbonyl (C=O) groups is 2. The van der Waals surface area contributed by atoms with E-state index in [0.717, 1.165) is 22.2 Å². The number of methoxy groups -OCH3 is 1. The summed E-state index contributed by atoms with van der Waals surface area (Å²) in [6.45, 7) is 0.291. The Kier molecular flexibility index (Phi) is 7.46. The number of benzene rings is 3. The van der Waals surface area contributed by atoms with E-state index in [9.17, 15) is 14.0 Å². The van der Waals surface area contributed by atoms with Crippen molar-refractivity contribution >= 4 is 52.2 Å². The highest BCUT2D eigenvalue weighted by atomic mass is 35.5. The molecule has 9 heteroatoms. The van der Waals surface area contributed by atoms with E-state index in [1.807, 2.05) is 0 Å². The molecule has 0 aliphatic carbocycles. The summed E-state index contributed by atoms with van der Waals surface area (Å²) in [5, 5.41) is 0.657. The maximum Gasteiger partial charge on any atom is 0.293 e. The zero-order valence-corrected chi connectivity index (χ0v) is 20.2. The zero-order valence-electron chi connectivity index (χ0n) is 17.9. The number of nitrogens with zero attached hydrogens (tertiary/aromatic N) is 1. The van der Waals surface area contributed by atoms with Crippen LogP contribution in [0.4, 0.5) is 9.18 Å². The fraction of sp³-hybridized carbons (Fsp3) is 0.120. The van der Waals surface area contributed by atoms with Gasteiger partial charge in [0.2, 0.25) is 0 Å². The monoisotopic (exact) mass is 517 g/mol. The predicted molar refractivity (Wildman–Crippen MR) is 132 cm³/mol. The van der Waals surface area contributed by atoms with Gasteiger partial charge in [0.05, 0.1) is 18.6 Å². The molecule has 0 N–H and O–H groups in total. The van der Waals surface area contributed by atoms with Crippen LogP contribution in [0.5, 0.6) is 11.5 Å². The Morgan fingerprint density at radius 3 is 2.47 bits per heavy atom. The van der Waals surface area contributed by atoms with Gasteiger partial charge in [0.15, 0.2) is 11.5 Å². The Morgan fingerprint density at radius 1 is 1.00 bits per heavy atom. The van der Waals surface area contributed by atoms with Gasteiger partial charge in [0.25, 0.3) is 11.1 Å². The van der Waals surface area contributed by atoms with Gasteiger partial charge >= 0.3 is 0 Å². The summed E-state index contributed by atoms with van der Waals surface area (Å²) >= 11 is 13.0. The average molecular weight is 518 g/mol. The lowest BCUT2D eigenvalue weighted by Crippen LogP contribution is -2.27. The van der Waals surface area contributed by atoms with Gasteiger partial charge in [-0.05, 0) is 65.4 Å². The van der Waals surface area contributed by atoms with Crippen LogP contribution >= 0.6 is 35.0 Å². The molecule has 2 amide bonds. The fourth-order valence-corrected chi connectivity index (χ4v) is 4.55. The van der Waals surface area contributed by atoms with E-state index >= 15 is 0 Å². The third-order valence-corrected chi connectivity index (χ3v) is 6.51. The summed E-state index contributed by atoms with van der Waals surface area (Å²) in [6, 6.07) is 16.0. The summed E-state index contributed by atoms with van der Waals surface area (Å²) in [4.78, 5) is 26.6. The van der Waals surface area contributed by atoms with E-state index in [1.54, 1.807) is 54.6 Å². The summed E-state index contributed by atoms with van der Waals surface area (Å²) in [7, 11) is 1.51. The number of amides is 2. The first-order valence-corrected chi connectivity index (χ1v) is 11.7. The molecular formula is C25H18Cl2FNO4S. The Bertz CT molecular complexity index is 1280. The van der Waals surface area contributed by atoms with Gasteiger partial charge in [0.1, 0.15) is 12.4 Å². The van der Waals surface area contributed by atoms with Crippen LogP contribution in [0.15, 0.2) is 65.6 Å². The van der Waals surface area contributed by atoms with Crippen LogP contribution in [-0.2, 0) is 17.9 Å². The van der Waals surface area contributed by atoms with Crippen LogP contribution in [0.1, 0.15) is 16.7 Å². The van der Waals surface area contributed by atoms with Gasteiger partial charge in [-0.15, -0.1) is 0 Å². The van der Waals surface area contributed by atoms with E-state index in [4.69, 9.17) is 32.7 Å². The first kappa shape index (κ1) is 24.1. The molecule has 4 rings (SSSR count). The second-order valence-electron chi connectivity index (χ2n) is 7.33. The molecule has 3 aromatic carbocycles. The Labute approximate surface area is 210 Å². The lowest BCUT2D eigenvalue weighted by Gasteiger charge is -2.13. The molecule has 0 bridgehead atoms. The van der Waals surface area contributed by atoms with Crippen molar-refractivity contribution in [2.75, 3.05) is 7.11 Å². The van der Waals surface area contributed by atoms with Crippen molar-refractivity contribution in [2.45, 2.75) is 13.2 Å². The first-order valence-electron chi connectivity index (χ1n) is 10.1. The van der Waals surface area contributed by atoms with Crippen molar-refractivity contribution in [2.24, 2.45) is 0 Å². The standard InChI is InChI=1S/C25H18Cl2FNO4S/c1-32-22-10-16(4-9-21(22)33-14-17-5-6-18(26)12-20(17)27)11-23-24(30)29(25(31)34-23)13-15-2-7-19(28)8-3-15/h2-12H,13-14H2,1H3/b23-11+. The minimum absolute atomic E-state index is 0.0750. The maximum absolute atomic E-state index is 13.1. The minimum Gasteiger partial charge on any atom is -0.493 e. The smallest absolute Gasteiger partial charge is 0.293 e. The zero-order chi connectivity index (χ0) is 24.2. The fourth-order valence-electron chi connectivity index (χ4n) is 3.25. The molecule has 1 aliphatic heterocycles. The minimum atomic E-state index is -0.406. The van der Waals surface area contributed by atoms with Crippen molar-refractivity contribution in [3.8, 4) is 11.5 Å². The topological polar surface area (TPSA) is 55.8 Å². The molecule has 0 radical (unpaired) electrons. The number of halogens is 3. The number of hydrogen-bond donors (Lipinski definition) is 0. The van der Waals surface area contributed by atoms with Gasteiger partial charge in [-0.2, -0.15) is 0 Å². The number of rotatable bonds is 7. The van der Waals surface area contributed by atoms with Crippen molar-refractivity contribution in [1.29, 1.82) is 0 Å². The van der Waals surface area contributed by atoms with Crippen LogP contribution in [0.2, 0.25) is 10.0 Å². The van der Waals surface area contributed by atoms with Gasteiger partial charge in [-0.3, -0.25) is 14.5 Å². The highest BCUT2D eigenvalue weighted by molar-refractivity contribution is 8.18. The highest BCUT2D eigenvalue weighted by Crippen LogP contribution is 2.35. The summed E-state index contributed by atoms with van der Waals surface area (Å²) in [5.41, 5.74) is 2.10. The lowest BCUT2D eigenvalue weighted by molar-refractivity contribution is -0.123. The number of hydrogen-bond acceptors (Lipinski definition) is 5. The second kappa shape index (κ2) is 10.5. The molecule has 1 heterocycles. The summed E-state index contributed by atoms with van der Waals surface area (Å²) in [5.74, 6) is 0.172.